The number of aromatic nitrogens is 3. The van der Waals surface area contributed by atoms with Gasteiger partial charge in [-0.15, -0.1) is 11.3 Å². The molecule has 0 amide bonds. The minimum atomic E-state index is 0.469. The number of nitrogens with one attached hydrogen (secondary N) is 2. The van der Waals surface area contributed by atoms with Gasteiger partial charge in [-0.1, -0.05) is 13.8 Å². The predicted molar refractivity (Wildman–Crippen MR) is 91.1 cm³/mol. The molecule has 2 aromatic rings. The van der Waals surface area contributed by atoms with E-state index in [1.54, 1.807) is 17.5 Å². The summed E-state index contributed by atoms with van der Waals surface area (Å²) < 4.78 is 1.84. The maximum absolute atomic E-state index is 4.63. The molecule has 120 valence electrons. The van der Waals surface area contributed by atoms with Gasteiger partial charge in [-0.2, -0.15) is 5.10 Å². The van der Waals surface area contributed by atoms with Crippen molar-refractivity contribution in [2.45, 2.75) is 39.8 Å². The van der Waals surface area contributed by atoms with Crippen LogP contribution in [0.2, 0.25) is 0 Å². The average Bonchev–Trinajstić information content (AvgIpc) is 3.11. The summed E-state index contributed by atoms with van der Waals surface area (Å²) in [6.45, 7) is 8.49. The monoisotopic (exact) mass is 320 g/mol. The van der Waals surface area contributed by atoms with Crippen molar-refractivity contribution in [2.24, 2.45) is 12.0 Å². The lowest BCUT2D eigenvalue weighted by molar-refractivity contribution is 0.707. The maximum Gasteiger partial charge on any atom is 0.191 e. The number of rotatable bonds is 6. The van der Waals surface area contributed by atoms with Gasteiger partial charge >= 0.3 is 0 Å². The Kier molecular flexibility index (Phi) is 5.94. The SMILES string of the molecule is CCNC(=NCc1ccnn1C)NCc1nc(C(C)C)cs1. The van der Waals surface area contributed by atoms with Crippen LogP contribution in [0, 0.1) is 0 Å². The summed E-state index contributed by atoms with van der Waals surface area (Å²) in [7, 11) is 1.92. The molecule has 0 saturated heterocycles. The summed E-state index contributed by atoms with van der Waals surface area (Å²) in [6.07, 6.45) is 1.79. The van der Waals surface area contributed by atoms with E-state index < -0.39 is 0 Å². The molecule has 22 heavy (non-hydrogen) atoms. The molecular weight excluding hydrogens is 296 g/mol. The van der Waals surface area contributed by atoms with Gasteiger partial charge in [0, 0.05) is 25.2 Å². The van der Waals surface area contributed by atoms with Crippen LogP contribution in [0.4, 0.5) is 0 Å². The van der Waals surface area contributed by atoms with Gasteiger partial charge in [-0.25, -0.2) is 9.98 Å². The number of thiazole rings is 1. The highest BCUT2D eigenvalue weighted by Gasteiger charge is 2.06. The molecule has 0 radical (unpaired) electrons. The topological polar surface area (TPSA) is 67.1 Å². The van der Waals surface area contributed by atoms with E-state index in [9.17, 15) is 0 Å². The Morgan fingerprint density at radius 2 is 2.23 bits per heavy atom. The van der Waals surface area contributed by atoms with Crippen molar-refractivity contribution in [3.63, 3.8) is 0 Å². The number of hydrogen-bond acceptors (Lipinski definition) is 4. The highest BCUT2D eigenvalue weighted by atomic mass is 32.1. The predicted octanol–water partition coefficient (Wildman–Crippen LogP) is 2.26. The number of hydrogen-bond donors (Lipinski definition) is 2. The minimum Gasteiger partial charge on any atom is -0.357 e. The Morgan fingerprint density at radius 1 is 1.41 bits per heavy atom. The third kappa shape index (κ3) is 4.56. The molecule has 0 unspecified atom stereocenters. The first kappa shape index (κ1) is 16.5. The molecule has 0 spiro atoms. The van der Waals surface area contributed by atoms with E-state index in [0.717, 1.165) is 28.9 Å². The Labute approximate surface area is 135 Å². The molecule has 0 aliphatic carbocycles. The fourth-order valence-corrected chi connectivity index (χ4v) is 2.78. The van der Waals surface area contributed by atoms with Crippen molar-refractivity contribution in [1.29, 1.82) is 0 Å². The molecule has 0 saturated carbocycles. The standard InChI is InChI=1S/C15H24N6S/c1-5-16-15(17-8-12-6-7-19-21(12)4)18-9-14-20-13(10-22-14)11(2)3/h6-7,10-11H,5,8-9H2,1-4H3,(H2,16,17,18). The van der Waals surface area contributed by atoms with Crippen LogP contribution in [0.15, 0.2) is 22.6 Å². The van der Waals surface area contributed by atoms with Crippen LogP contribution < -0.4 is 10.6 Å². The summed E-state index contributed by atoms with van der Waals surface area (Å²) in [5.74, 6) is 1.27. The van der Waals surface area contributed by atoms with Gasteiger partial charge in [0.15, 0.2) is 5.96 Å². The second-order valence-corrected chi connectivity index (χ2v) is 6.26. The molecule has 2 N–H and O–H groups in total. The van der Waals surface area contributed by atoms with Crippen LogP contribution in [0.25, 0.3) is 0 Å². The van der Waals surface area contributed by atoms with Crippen LogP contribution in [0.3, 0.4) is 0 Å². The molecule has 6 nitrogen and oxygen atoms in total. The first-order chi connectivity index (χ1) is 10.6. The Morgan fingerprint density at radius 3 is 2.82 bits per heavy atom. The van der Waals surface area contributed by atoms with Crippen LogP contribution in [0.5, 0.6) is 0 Å². The number of guanidine groups is 1. The van der Waals surface area contributed by atoms with E-state index in [0.29, 0.717) is 19.0 Å². The number of nitrogens with zero attached hydrogens (tertiary/aromatic N) is 4. The molecule has 0 fully saturated rings. The number of aliphatic imine (C=N–C) groups is 1. The Bertz CT molecular complexity index is 613. The molecular formula is C15H24N6S. The van der Waals surface area contributed by atoms with E-state index in [1.807, 2.05) is 17.8 Å². The molecule has 0 aliphatic heterocycles. The first-order valence-corrected chi connectivity index (χ1v) is 8.41. The Balaban J connectivity index is 1.94. The lowest BCUT2D eigenvalue weighted by atomic mass is 10.2. The molecule has 7 heteroatoms. The molecule has 2 aromatic heterocycles. The molecule has 2 heterocycles. The van der Waals surface area contributed by atoms with Crippen LogP contribution in [-0.2, 0) is 20.1 Å². The second kappa shape index (κ2) is 7.93. The van der Waals surface area contributed by atoms with Crippen molar-refractivity contribution >= 4 is 17.3 Å². The zero-order valence-corrected chi connectivity index (χ0v) is 14.4. The van der Waals surface area contributed by atoms with Crippen molar-refractivity contribution in [2.75, 3.05) is 6.54 Å². The minimum absolute atomic E-state index is 0.469. The van der Waals surface area contributed by atoms with Crippen molar-refractivity contribution in [1.82, 2.24) is 25.4 Å². The van der Waals surface area contributed by atoms with Crippen molar-refractivity contribution < 1.29 is 0 Å². The third-order valence-electron chi connectivity index (χ3n) is 3.23. The zero-order chi connectivity index (χ0) is 15.9. The fraction of sp³-hybridized carbons (Fsp3) is 0.533. The van der Waals surface area contributed by atoms with Gasteiger partial charge in [-0.05, 0) is 18.9 Å². The van der Waals surface area contributed by atoms with Gasteiger partial charge in [0.1, 0.15) is 5.01 Å². The normalized spacial score (nSPS) is 12.0. The maximum atomic E-state index is 4.63. The lowest BCUT2D eigenvalue weighted by Gasteiger charge is -2.10. The van der Waals surface area contributed by atoms with Crippen LogP contribution in [0.1, 0.15) is 43.1 Å². The molecule has 0 aliphatic rings. The summed E-state index contributed by atoms with van der Waals surface area (Å²) in [5, 5.41) is 13.9. The van der Waals surface area contributed by atoms with Crippen molar-refractivity contribution in [3.05, 3.63) is 34.0 Å². The van der Waals surface area contributed by atoms with Crippen LogP contribution in [-0.4, -0.2) is 27.3 Å². The van der Waals surface area contributed by atoms with E-state index in [-0.39, 0.29) is 0 Å². The first-order valence-electron chi connectivity index (χ1n) is 7.53. The average molecular weight is 320 g/mol. The highest BCUT2D eigenvalue weighted by molar-refractivity contribution is 7.09. The third-order valence-corrected chi connectivity index (χ3v) is 4.10. The molecule has 0 bridgehead atoms. The lowest BCUT2D eigenvalue weighted by Crippen LogP contribution is -2.36. The van der Waals surface area contributed by atoms with E-state index >= 15 is 0 Å². The van der Waals surface area contributed by atoms with E-state index in [1.165, 1.54) is 0 Å². The summed E-state index contributed by atoms with van der Waals surface area (Å²) in [6, 6.07) is 1.98. The molecule has 2 rings (SSSR count). The van der Waals surface area contributed by atoms with Gasteiger partial charge in [0.25, 0.3) is 0 Å². The fourth-order valence-electron chi connectivity index (χ4n) is 1.89. The summed E-state index contributed by atoms with van der Waals surface area (Å²) in [4.78, 5) is 9.21. The summed E-state index contributed by atoms with van der Waals surface area (Å²) >= 11 is 1.69. The Hall–Kier alpha value is -1.89. The molecule has 0 atom stereocenters. The highest BCUT2D eigenvalue weighted by Crippen LogP contribution is 2.17. The van der Waals surface area contributed by atoms with E-state index in [4.69, 9.17) is 0 Å². The zero-order valence-electron chi connectivity index (χ0n) is 13.6. The quantitative estimate of drug-likeness (QED) is 0.633. The van der Waals surface area contributed by atoms with Gasteiger partial charge < -0.3 is 10.6 Å². The second-order valence-electron chi connectivity index (χ2n) is 5.32. The van der Waals surface area contributed by atoms with Gasteiger partial charge in [0.2, 0.25) is 0 Å². The largest absolute Gasteiger partial charge is 0.357 e. The number of aryl methyl sites for hydroxylation is 1. The molecule has 0 aromatic carbocycles. The summed E-state index contributed by atoms with van der Waals surface area (Å²) in [5.41, 5.74) is 2.23. The van der Waals surface area contributed by atoms with E-state index in [2.05, 4.69) is 51.9 Å². The smallest absolute Gasteiger partial charge is 0.191 e. The van der Waals surface area contributed by atoms with Gasteiger partial charge in [-0.3, -0.25) is 4.68 Å². The van der Waals surface area contributed by atoms with Crippen molar-refractivity contribution in [3.8, 4) is 0 Å². The van der Waals surface area contributed by atoms with Gasteiger partial charge in [0.05, 0.1) is 24.5 Å². The van der Waals surface area contributed by atoms with Crippen LogP contribution >= 0.6 is 11.3 Å².